The molecule has 0 radical (unpaired) electrons. The zero-order valence-corrected chi connectivity index (χ0v) is 19.1. The van der Waals surface area contributed by atoms with Crippen molar-refractivity contribution in [1.82, 2.24) is 9.80 Å². The van der Waals surface area contributed by atoms with Gasteiger partial charge < -0.3 is 20.3 Å². The van der Waals surface area contributed by atoms with Gasteiger partial charge in [-0.05, 0) is 54.3 Å². The second-order valence-corrected chi connectivity index (χ2v) is 9.79. The van der Waals surface area contributed by atoms with Crippen LogP contribution in [0.3, 0.4) is 0 Å². The second-order valence-electron chi connectivity index (χ2n) is 9.79. The molecule has 2 fully saturated rings. The Kier molecular flexibility index (Phi) is 5.09. The van der Waals surface area contributed by atoms with Gasteiger partial charge in [-0.25, -0.2) is 13.8 Å². The fraction of sp³-hybridized carbons (Fsp3) is 0.440. The Morgan fingerprint density at radius 2 is 1.94 bits per heavy atom. The molecule has 2 N–H and O–H groups in total. The van der Waals surface area contributed by atoms with Crippen molar-refractivity contribution >= 4 is 17.6 Å². The lowest BCUT2D eigenvalue weighted by Crippen LogP contribution is -2.48. The highest BCUT2D eigenvalue weighted by atomic mass is 19.4. The maximum absolute atomic E-state index is 14.2. The van der Waals surface area contributed by atoms with Crippen molar-refractivity contribution in [2.75, 3.05) is 13.1 Å². The third-order valence-corrected chi connectivity index (χ3v) is 7.51. The Morgan fingerprint density at radius 3 is 2.72 bits per heavy atom. The lowest BCUT2D eigenvalue weighted by Gasteiger charge is -2.45. The highest BCUT2D eigenvalue weighted by Crippen LogP contribution is 2.47. The number of piperidine rings is 1. The van der Waals surface area contributed by atoms with Crippen molar-refractivity contribution < 1.29 is 31.5 Å². The van der Waals surface area contributed by atoms with Gasteiger partial charge in [0.05, 0.1) is 42.6 Å². The third kappa shape index (κ3) is 3.71. The van der Waals surface area contributed by atoms with Crippen molar-refractivity contribution in [1.29, 1.82) is 0 Å². The molecule has 2 aromatic rings. The zero-order chi connectivity index (χ0) is 25.4. The Bertz CT molecular complexity index is 1280. The fourth-order valence-electron chi connectivity index (χ4n) is 5.87. The van der Waals surface area contributed by atoms with Gasteiger partial charge >= 0.3 is 6.18 Å². The smallest absolute Gasteiger partial charge is 0.371 e. The van der Waals surface area contributed by atoms with E-state index in [1.165, 1.54) is 11.0 Å². The quantitative estimate of drug-likeness (QED) is 0.558. The van der Waals surface area contributed by atoms with Crippen LogP contribution in [0.15, 0.2) is 41.4 Å². The fourth-order valence-corrected chi connectivity index (χ4v) is 5.87. The zero-order valence-electron chi connectivity index (χ0n) is 19.1. The van der Waals surface area contributed by atoms with E-state index in [1.807, 2.05) is 0 Å². The molecule has 6 nitrogen and oxygen atoms in total. The first-order valence-electron chi connectivity index (χ1n) is 11.8. The third-order valence-electron chi connectivity index (χ3n) is 7.51. The van der Waals surface area contributed by atoms with Gasteiger partial charge in [-0.3, -0.25) is 4.79 Å². The molecule has 2 saturated heterocycles. The van der Waals surface area contributed by atoms with Crippen LogP contribution in [0.25, 0.3) is 0 Å². The maximum atomic E-state index is 14.2. The SMILES string of the molecule is NC1=Nc2ccc(C(=O)N3CCC[C@@H]4OCc5cc(C(F)(F)F)ccc5[C@@H]43)cc2[C@H]2CC(F)(F)CN12. The summed E-state index contributed by atoms with van der Waals surface area (Å²) in [4.78, 5) is 21.0. The minimum absolute atomic E-state index is 0.0248. The molecule has 3 atom stereocenters. The number of carbonyl (C=O) groups excluding carboxylic acids is 1. The van der Waals surface area contributed by atoms with E-state index in [9.17, 15) is 26.7 Å². The maximum Gasteiger partial charge on any atom is 0.416 e. The number of likely N-dealkylation sites (tertiary alicyclic amines) is 1. The van der Waals surface area contributed by atoms with Crippen LogP contribution in [0.1, 0.15) is 64.0 Å². The van der Waals surface area contributed by atoms with Crippen LogP contribution >= 0.6 is 0 Å². The number of halogens is 5. The predicted molar refractivity (Wildman–Crippen MR) is 120 cm³/mol. The van der Waals surface area contributed by atoms with E-state index < -0.39 is 42.7 Å². The molecule has 4 aliphatic heterocycles. The van der Waals surface area contributed by atoms with Gasteiger partial charge in [0.2, 0.25) is 0 Å². The number of amides is 1. The molecule has 0 aromatic heterocycles. The van der Waals surface area contributed by atoms with E-state index in [2.05, 4.69) is 4.99 Å². The summed E-state index contributed by atoms with van der Waals surface area (Å²) in [5.74, 6) is -3.23. The molecule has 4 aliphatic rings. The largest absolute Gasteiger partial charge is 0.416 e. The summed E-state index contributed by atoms with van der Waals surface area (Å²) >= 11 is 0. The first kappa shape index (κ1) is 23.2. The number of benzene rings is 2. The Balaban J connectivity index is 1.35. The molecule has 36 heavy (non-hydrogen) atoms. The number of guanidine groups is 1. The number of nitrogens with zero attached hydrogens (tertiary/aromatic N) is 3. The standard InChI is InChI=1S/C25H23F5N4O2/c26-24(27)10-19-17-9-13(3-6-18(17)32-23(31)34(19)12-24)22(35)33-7-1-2-20-21(33)16-5-4-15(25(28,29)30)8-14(16)11-36-20/h3-6,8-9,19-21H,1-2,7,10-12H2,(H2,31,32)/t19-,20+,21+/m1/s1. The number of rotatable bonds is 1. The topological polar surface area (TPSA) is 71.2 Å². The average Bonchev–Trinajstić information content (AvgIpc) is 3.18. The second kappa shape index (κ2) is 7.89. The summed E-state index contributed by atoms with van der Waals surface area (Å²) in [5, 5.41) is 0. The van der Waals surface area contributed by atoms with Crippen molar-refractivity contribution in [3.63, 3.8) is 0 Å². The van der Waals surface area contributed by atoms with Crippen LogP contribution in [0.5, 0.6) is 0 Å². The summed E-state index contributed by atoms with van der Waals surface area (Å²) < 4.78 is 74.0. The molecule has 0 unspecified atom stereocenters. The Hall–Kier alpha value is -3.21. The van der Waals surface area contributed by atoms with Gasteiger partial charge in [-0.15, -0.1) is 0 Å². The minimum Gasteiger partial charge on any atom is -0.371 e. The highest BCUT2D eigenvalue weighted by molar-refractivity contribution is 5.96. The lowest BCUT2D eigenvalue weighted by atomic mass is 9.86. The number of ether oxygens (including phenoxy) is 1. The number of carbonyl (C=O) groups is 1. The molecule has 1 amide bonds. The Labute approximate surface area is 203 Å². The summed E-state index contributed by atoms with van der Waals surface area (Å²) in [6, 6.07) is 7.12. The van der Waals surface area contributed by atoms with Gasteiger partial charge in [0, 0.05) is 24.1 Å². The molecular weight excluding hydrogens is 483 g/mol. The molecule has 0 spiro atoms. The number of nitrogens with two attached hydrogens (primary N) is 1. The predicted octanol–water partition coefficient (Wildman–Crippen LogP) is 4.92. The van der Waals surface area contributed by atoms with E-state index in [0.717, 1.165) is 12.1 Å². The van der Waals surface area contributed by atoms with E-state index in [1.54, 1.807) is 23.1 Å². The van der Waals surface area contributed by atoms with Crippen molar-refractivity contribution in [3.05, 3.63) is 64.2 Å². The summed E-state index contributed by atoms with van der Waals surface area (Å²) in [5.41, 5.74) is 7.46. The monoisotopic (exact) mass is 506 g/mol. The van der Waals surface area contributed by atoms with E-state index in [-0.39, 0.29) is 24.6 Å². The summed E-state index contributed by atoms with van der Waals surface area (Å²) in [7, 11) is 0. The van der Waals surface area contributed by atoms with Crippen molar-refractivity contribution in [2.24, 2.45) is 10.7 Å². The van der Waals surface area contributed by atoms with Gasteiger partial charge in [0.25, 0.3) is 11.8 Å². The molecule has 0 bridgehead atoms. The highest BCUT2D eigenvalue weighted by Gasteiger charge is 2.49. The van der Waals surface area contributed by atoms with Gasteiger partial charge in [-0.1, -0.05) is 6.07 Å². The van der Waals surface area contributed by atoms with Gasteiger partial charge in [0.15, 0.2) is 5.96 Å². The van der Waals surface area contributed by atoms with Crippen LogP contribution in [0.4, 0.5) is 27.6 Å². The summed E-state index contributed by atoms with van der Waals surface area (Å²) in [6.45, 7) is -0.0827. The van der Waals surface area contributed by atoms with Crippen LogP contribution < -0.4 is 5.73 Å². The number of hydrogen-bond donors (Lipinski definition) is 1. The van der Waals surface area contributed by atoms with Crippen LogP contribution in [0, 0.1) is 0 Å². The molecule has 11 heteroatoms. The Morgan fingerprint density at radius 1 is 1.14 bits per heavy atom. The molecule has 4 heterocycles. The van der Waals surface area contributed by atoms with E-state index in [0.29, 0.717) is 47.3 Å². The van der Waals surface area contributed by atoms with Crippen LogP contribution in [0.2, 0.25) is 0 Å². The number of aliphatic imine (C=N–C) groups is 1. The van der Waals surface area contributed by atoms with Crippen LogP contribution in [-0.2, 0) is 17.5 Å². The van der Waals surface area contributed by atoms with E-state index >= 15 is 0 Å². The summed E-state index contributed by atoms with van der Waals surface area (Å²) in [6.07, 6.45) is -3.88. The molecule has 190 valence electrons. The molecule has 6 rings (SSSR count). The molecular formula is C25H23F5N4O2. The van der Waals surface area contributed by atoms with Crippen LogP contribution in [-0.4, -0.2) is 46.8 Å². The molecule has 0 saturated carbocycles. The van der Waals surface area contributed by atoms with Gasteiger partial charge in [-0.2, -0.15) is 13.2 Å². The van der Waals surface area contributed by atoms with Gasteiger partial charge in [0.1, 0.15) is 0 Å². The van der Waals surface area contributed by atoms with Crippen molar-refractivity contribution in [2.45, 2.75) is 56.2 Å². The number of alkyl halides is 5. The first-order chi connectivity index (χ1) is 17.0. The lowest BCUT2D eigenvalue weighted by molar-refractivity contribution is -0.137. The molecule has 2 aromatic carbocycles. The number of fused-ring (bicyclic) bond motifs is 6. The number of hydrogen-bond acceptors (Lipinski definition) is 5. The first-order valence-corrected chi connectivity index (χ1v) is 11.8. The minimum atomic E-state index is -4.48. The normalized spacial score (nSPS) is 26.5. The molecule has 0 aliphatic carbocycles. The average molecular weight is 506 g/mol. The van der Waals surface area contributed by atoms with Crippen molar-refractivity contribution in [3.8, 4) is 0 Å². The van der Waals surface area contributed by atoms with E-state index in [4.69, 9.17) is 10.5 Å².